The van der Waals surface area contributed by atoms with Gasteiger partial charge in [-0.15, -0.1) is 0 Å². The van der Waals surface area contributed by atoms with Crippen molar-refractivity contribution in [3.05, 3.63) is 22.6 Å². The minimum absolute atomic E-state index is 0.176. The first-order chi connectivity index (χ1) is 15.0. The van der Waals surface area contributed by atoms with Crippen molar-refractivity contribution in [2.75, 3.05) is 6.61 Å². The molecule has 5 atom stereocenters. The monoisotopic (exact) mass is 519 g/mol. The minimum atomic E-state index is -1.52. The number of nitrogens with one attached hydrogen (secondary N) is 1. The Morgan fingerprint density at radius 1 is 0.938 bits per heavy atom. The van der Waals surface area contributed by atoms with Gasteiger partial charge in [0.1, 0.15) is 18.8 Å². The van der Waals surface area contributed by atoms with Crippen LogP contribution in [0.4, 0.5) is 0 Å². The van der Waals surface area contributed by atoms with E-state index in [1.165, 1.54) is 19.1 Å². The second kappa shape index (κ2) is 11.1. The third-order valence-corrected chi connectivity index (χ3v) is 4.49. The number of carbonyl (C=O) groups is 5. The highest BCUT2D eigenvalue weighted by Crippen LogP contribution is 2.29. The van der Waals surface area contributed by atoms with E-state index in [1.54, 1.807) is 0 Å². The normalized spacial score (nSPS) is 24.7. The van der Waals surface area contributed by atoms with E-state index in [0.29, 0.717) is 0 Å². The van der Waals surface area contributed by atoms with E-state index in [-0.39, 0.29) is 10.4 Å². The molecule has 0 aromatic carbocycles. The molecule has 1 amide bonds. The third kappa shape index (κ3) is 7.05. The van der Waals surface area contributed by atoms with Gasteiger partial charge in [0.15, 0.2) is 16.9 Å². The first kappa shape index (κ1) is 25.3. The van der Waals surface area contributed by atoms with Crippen molar-refractivity contribution in [2.24, 2.45) is 0 Å². The van der Waals surface area contributed by atoms with E-state index >= 15 is 0 Å². The van der Waals surface area contributed by atoms with Crippen molar-refractivity contribution >= 4 is 45.7 Å². The van der Waals surface area contributed by atoms with Gasteiger partial charge in [-0.05, 0) is 28.1 Å². The number of carbonyl (C=O) groups excluding carboxylic acids is 5. The lowest BCUT2D eigenvalue weighted by atomic mass is 9.96. The molecule has 0 unspecified atom stereocenters. The average Bonchev–Trinajstić information content (AvgIpc) is 3.10. The van der Waals surface area contributed by atoms with Crippen LogP contribution in [0.25, 0.3) is 0 Å². The van der Waals surface area contributed by atoms with Gasteiger partial charge in [0, 0.05) is 27.7 Å². The molecule has 12 nitrogen and oxygen atoms in total. The molecule has 0 bridgehead atoms. The number of furan rings is 1. The highest BCUT2D eigenvalue weighted by Gasteiger charge is 2.52. The fraction of sp³-hybridized carbons (Fsp3) is 0.526. The molecule has 0 saturated carbocycles. The summed E-state index contributed by atoms with van der Waals surface area (Å²) in [7, 11) is 0. The van der Waals surface area contributed by atoms with Crippen LogP contribution in [0.1, 0.15) is 38.2 Å². The van der Waals surface area contributed by atoms with Crippen molar-refractivity contribution < 1.29 is 52.1 Å². The Labute approximate surface area is 190 Å². The Bertz CT molecular complexity index is 882. The van der Waals surface area contributed by atoms with Gasteiger partial charge in [0.2, 0.25) is 18.0 Å². The Morgan fingerprint density at radius 2 is 1.56 bits per heavy atom. The van der Waals surface area contributed by atoms with Gasteiger partial charge in [-0.25, -0.2) is 4.79 Å². The molecule has 1 N–H and O–H groups in total. The maximum absolute atomic E-state index is 12.5. The fourth-order valence-corrected chi connectivity index (χ4v) is 3.29. The summed E-state index contributed by atoms with van der Waals surface area (Å²) >= 11 is 3.06. The summed E-state index contributed by atoms with van der Waals surface area (Å²) in [5.74, 6) is -3.87. The summed E-state index contributed by atoms with van der Waals surface area (Å²) in [6, 6.07) is 1.53. The molecule has 2 heterocycles. The van der Waals surface area contributed by atoms with E-state index in [4.69, 9.17) is 28.1 Å². The lowest BCUT2D eigenvalue weighted by Crippen LogP contribution is -2.66. The topological polar surface area (TPSA) is 157 Å². The number of hydrogen-bond acceptors (Lipinski definition) is 11. The first-order valence-corrected chi connectivity index (χ1v) is 10.1. The van der Waals surface area contributed by atoms with E-state index in [9.17, 15) is 24.0 Å². The number of ether oxygens (including phenoxy) is 5. The average molecular weight is 520 g/mol. The van der Waals surface area contributed by atoms with Crippen LogP contribution in [0.3, 0.4) is 0 Å². The molecule has 32 heavy (non-hydrogen) atoms. The second-order valence-corrected chi connectivity index (χ2v) is 7.51. The van der Waals surface area contributed by atoms with E-state index < -0.39 is 67.0 Å². The van der Waals surface area contributed by atoms with E-state index in [0.717, 1.165) is 20.8 Å². The lowest BCUT2D eigenvalue weighted by Gasteiger charge is -2.44. The van der Waals surface area contributed by atoms with Crippen LogP contribution < -0.4 is 5.32 Å². The number of amides is 1. The Kier molecular flexibility index (Phi) is 8.78. The van der Waals surface area contributed by atoms with Crippen LogP contribution in [0.5, 0.6) is 0 Å². The predicted molar refractivity (Wildman–Crippen MR) is 106 cm³/mol. The Balaban J connectivity index is 2.42. The van der Waals surface area contributed by atoms with Gasteiger partial charge < -0.3 is 33.4 Å². The fourth-order valence-electron chi connectivity index (χ4n) is 2.98. The Hall–Kier alpha value is -2.93. The minimum Gasteiger partial charge on any atom is -0.463 e. The molecule has 0 aliphatic carbocycles. The molecule has 13 heteroatoms. The van der Waals surface area contributed by atoms with Crippen LogP contribution in [-0.4, -0.2) is 67.0 Å². The third-order valence-electron chi connectivity index (χ3n) is 4.07. The summed E-state index contributed by atoms with van der Waals surface area (Å²) in [5.41, 5.74) is 0. The summed E-state index contributed by atoms with van der Waals surface area (Å²) in [6.07, 6.45) is -5.35. The SMILES string of the molecule is CC(=O)N[C@@H]1[C@@H](OC(=O)c2ccc(Br)o2)O[C@@H](COC(C)=O)[C@H](OC(C)=O)[C@H]1OC(C)=O. The van der Waals surface area contributed by atoms with Crippen molar-refractivity contribution in [1.82, 2.24) is 5.32 Å². The van der Waals surface area contributed by atoms with Gasteiger partial charge >= 0.3 is 23.9 Å². The van der Waals surface area contributed by atoms with Gasteiger partial charge in [-0.2, -0.15) is 0 Å². The lowest BCUT2D eigenvalue weighted by molar-refractivity contribution is -0.264. The zero-order valence-corrected chi connectivity index (χ0v) is 19.2. The summed E-state index contributed by atoms with van der Waals surface area (Å²) in [4.78, 5) is 59.1. The highest BCUT2D eigenvalue weighted by atomic mass is 79.9. The molecule has 2 rings (SSSR count). The van der Waals surface area contributed by atoms with Crippen LogP contribution >= 0.6 is 15.9 Å². The molecule has 1 aromatic rings. The molecule has 1 fully saturated rings. The highest BCUT2D eigenvalue weighted by molar-refractivity contribution is 9.10. The number of rotatable bonds is 7. The van der Waals surface area contributed by atoms with E-state index in [2.05, 4.69) is 21.2 Å². The molecule has 1 aromatic heterocycles. The Morgan fingerprint density at radius 3 is 2.06 bits per heavy atom. The quantitative estimate of drug-likeness (QED) is 0.402. The largest absolute Gasteiger partial charge is 0.463 e. The standard InChI is InChI=1S/C19H22BrNO11/c1-8(22)21-15-17(29-11(4)25)16(28-10(3)24)13(7-27-9(2)23)31-19(15)32-18(26)12-5-6-14(20)30-12/h5-6,13,15-17,19H,7H2,1-4H3,(H,21,22)/t13-,15-,16-,17-,19+/m0/s1. The summed E-state index contributed by atoms with van der Waals surface area (Å²) in [6.45, 7) is 4.13. The second-order valence-electron chi connectivity index (χ2n) is 6.73. The molecule has 176 valence electrons. The van der Waals surface area contributed by atoms with Crippen molar-refractivity contribution in [2.45, 2.75) is 58.3 Å². The molecule has 0 radical (unpaired) electrons. The van der Waals surface area contributed by atoms with Crippen LogP contribution in [0, 0.1) is 0 Å². The van der Waals surface area contributed by atoms with Crippen molar-refractivity contribution in [3.63, 3.8) is 0 Å². The number of esters is 4. The summed E-state index contributed by atoms with van der Waals surface area (Å²) < 4.78 is 32.0. The molecule has 1 aliphatic heterocycles. The van der Waals surface area contributed by atoms with Gasteiger partial charge in [-0.1, -0.05) is 0 Å². The van der Waals surface area contributed by atoms with Crippen molar-refractivity contribution in [3.8, 4) is 0 Å². The van der Waals surface area contributed by atoms with E-state index in [1.807, 2.05) is 0 Å². The summed E-state index contributed by atoms with van der Waals surface area (Å²) in [5, 5.41) is 2.48. The maximum atomic E-state index is 12.5. The van der Waals surface area contributed by atoms with Crippen LogP contribution in [0.15, 0.2) is 21.2 Å². The predicted octanol–water partition coefficient (Wildman–Crippen LogP) is 0.855. The number of halogens is 1. The zero-order valence-electron chi connectivity index (χ0n) is 17.6. The number of hydrogen-bond donors (Lipinski definition) is 1. The molecular formula is C19H22BrNO11. The molecular weight excluding hydrogens is 498 g/mol. The van der Waals surface area contributed by atoms with Gasteiger partial charge in [0.25, 0.3) is 0 Å². The smallest absolute Gasteiger partial charge is 0.376 e. The molecule has 1 saturated heterocycles. The molecule has 0 spiro atoms. The molecule has 1 aliphatic rings. The van der Waals surface area contributed by atoms with Crippen molar-refractivity contribution in [1.29, 1.82) is 0 Å². The van der Waals surface area contributed by atoms with Crippen LogP contribution in [-0.2, 0) is 42.9 Å². The maximum Gasteiger partial charge on any atom is 0.376 e. The van der Waals surface area contributed by atoms with Crippen LogP contribution in [0.2, 0.25) is 0 Å². The van der Waals surface area contributed by atoms with Gasteiger partial charge in [-0.3, -0.25) is 19.2 Å². The first-order valence-electron chi connectivity index (χ1n) is 9.34. The zero-order chi connectivity index (χ0) is 24.0. The van der Waals surface area contributed by atoms with Gasteiger partial charge in [0.05, 0.1) is 0 Å².